The number of nitrogens with one attached hydrogen (secondary N) is 1. The van der Waals surface area contributed by atoms with Crippen molar-refractivity contribution in [2.45, 2.75) is 0 Å². The SMILES string of the molecule is [C]1=[C]c2ccccc2ON1. The van der Waals surface area contributed by atoms with Gasteiger partial charge >= 0.3 is 0 Å². The molecule has 48 valence electrons. The highest BCUT2D eigenvalue weighted by Crippen LogP contribution is 2.18. The molecule has 0 bridgehead atoms. The monoisotopic (exact) mass is 131 g/mol. The fraction of sp³-hybridized carbons (Fsp3) is 0. The van der Waals surface area contributed by atoms with Crippen molar-refractivity contribution in [3.63, 3.8) is 0 Å². The largest absolute Gasteiger partial charge is 0.381 e. The van der Waals surface area contributed by atoms with E-state index in [1.165, 1.54) is 0 Å². The zero-order chi connectivity index (χ0) is 6.81. The first kappa shape index (κ1) is 5.35. The summed E-state index contributed by atoms with van der Waals surface area (Å²) in [5, 5.41) is 0. The first-order chi connectivity index (χ1) is 4.97. The summed E-state index contributed by atoms with van der Waals surface area (Å²) in [7, 11) is 0. The zero-order valence-corrected chi connectivity index (χ0v) is 5.22. The molecule has 1 aromatic rings. The molecule has 1 aliphatic rings. The number of hydroxylamine groups is 1. The van der Waals surface area contributed by atoms with Gasteiger partial charge in [0.15, 0.2) is 5.75 Å². The van der Waals surface area contributed by atoms with Crippen molar-refractivity contribution in [3.8, 4) is 5.75 Å². The van der Waals surface area contributed by atoms with Gasteiger partial charge in [0.05, 0.1) is 0 Å². The van der Waals surface area contributed by atoms with Gasteiger partial charge < -0.3 is 4.84 Å². The molecule has 2 heteroatoms. The Hall–Kier alpha value is -1.44. The summed E-state index contributed by atoms with van der Waals surface area (Å²) in [5.74, 6) is 0.793. The van der Waals surface area contributed by atoms with Crippen molar-refractivity contribution in [2.75, 3.05) is 0 Å². The van der Waals surface area contributed by atoms with E-state index in [-0.39, 0.29) is 0 Å². The van der Waals surface area contributed by atoms with Crippen molar-refractivity contribution >= 4 is 0 Å². The molecule has 0 spiro atoms. The van der Waals surface area contributed by atoms with E-state index in [9.17, 15) is 0 Å². The fourth-order valence-corrected chi connectivity index (χ4v) is 0.832. The molecule has 2 radical (unpaired) electrons. The van der Waals surface area contributed by atoms with Gasteiger partial charge in [0, 0.05) is 11.6 Å². The molecule has 0 aromatic heterocycles. The van der Waals surface area contributed by atoms with Gasteiger partial charge in [0.25, 0.3) is 0 Å². The molecule has 0 fully saturated rings. The number of para-hydroxylation sites is 1. The number of hydrogen-bond donors (Lipinski definition) is 1. The van der Waals surface area contributed by atoms with E-state index >= 15 is 0 Å². The Kier molecular flexibility index (Phi) is 1.10. The first-order valence-electron chi connectivity index (χ1n) is 2.99. The van der Waals surface area contributed by atoms with Crippen molar-refractivity contribution < 1.29 is 4.84 Å². The smallest absolute Gasteiger partial charge is 0.162 e. The molecule has 2 rings (SSSR count). The van der Waals surface area contributed by atoms with Gasteiger partial charge in [-0.1, -0.05) is 18.2 Å². The highest BCUT2D eigenvalue weighted by Gasteiger charge is 2.02. The molecular formula is C8H5NO. The van der Waals surface area contributed by atoms with Gasteiger partial charge in [-0.05, 0) is 6.07 Å². The van der Waals surface area contributed by atoms with Crippen LogP contribution in [0.15, 0.2) is 24.3 Å². The summed E-state index contributed by atoms with van der Waals surface area (Å²) >= 11 is 0. The maximum atomic E-state index is 5.00. The molecule has 0 amide bonds. The molecule has 0 unspecified atom stereocenters. The second-order valence-corrected chi connectivity index (χ2v) is 1.95. The second-order valence-electron chi connectivity index (χ2n) is 1.95. The van der Waals surface area contributed by atoms with Gasteiger partial charge in [-0.15, -0.1) is 0 Å². The van der Waals surface area contributed by atoms with E-state index in [1.807, 2.05) is 24.3 Å². The summed E-state index contributed by atoms with van der Waals surface area (Å²) in [5.41, 5.74) is 3.41. The Labute approximate surface area is 59.1 Å². The van der Waals surface area contributed by atoms with Crippen LogP contribution in [0.3, 0.4) is 0 Å². The minimum atomic E-state index is 0.793. The van der Waals surface area contributed by atoms with E-state index in [0.29, 0.717) is 0 Å². The molecule has 1 N–H and O–H groups in total. The van der Waals surface area contributed by atoms with Crippen LogP contribution in [0.2, 0.25) is 0 Å². The third-order valence-corrected chi connectivity index (χ3v) is 1.30. The van der Waals surface area contributed by atoms with E-state index in [4.69, 9.17) is 4.84 Å². The molecule has 2 nitrogen and oxygen atoms in total. The minimum absolute atomic E-state index is 0.793. The van der Waals surface area contributed by atoms with Crippen LogP contribution in [-0.2, 0) is 0 Å². The Morgan fingerprint density at radius 3 is 3.10 bits per heavy atom. The first-order valence-corrected chi connectivity index (χ1v) is 2.99. The van der Waals surface area contributed by atoms with Crippen molar-refractivity contribution in [2.24, 2.45) is 0 Å². The van der Waals surface area contributed by atoms with E-state index in [2.05, 4.69) is 17.8 Å². The molecule has 1 aromatic carbocycles. The lowest BCUT2D eigenvalue weighted by molar-refractivity contribution is 0.227. The number of fused-ring (bicyclic) bond motifs is 1. The summed E-state index contributed by atoms with van der Waals surface area (Å²) < 4.78 is 0. The average molecular weight is 131 g/mol. The van der Waals surface area contributed by atoms with Crippen LogP contribution in [0, 0.1) is 12.3 Å². The van der Waals surface area contributed by atoms with Crippen LogP contribution >= 0.6 is 0 Å². The highest BCUT2D eigenvalue weighted by molar-refractivity contribution is 5.38. The van der Waals surface area contributed by atoms with Crippen LogP contribution < -0.4 is 10.3 Å². The molecule has 1 aliphatic heterocycles. The highest BCUT2D eigenvalue weighted by atomic mass is 16.6. The minimum Gasteiger partial charge on any atom is -0.381 e. The number of hydrogen-bond acceptors (Lipinski definition) is 2. The summed E-state index contributed by atoms with van der Waals surface area (Å²) in [4.78, 5) is 5.00. The molecule has 1 heterocycles. The van der Waals surface area contributed by atoms with Gasteiger partial charge in [-0.25, -0.2) is 5.48 Å². The quantitative estimate of drug-likeness (QED) is 0.568. The lowest BCUT2D eigenvalue weighted by atomic mass is 10.2. The predicted molar refractivity (Wildman–Crippen MR) is 35.8 cm³/mol. The topological polar surface area (TPSA) is 21.3 Å². The predicted octanol–water partition coefficient (Wildman–Crippen LogP) is 1.05. The summed E-state index contributed by atoms with van der Waals surface area (Å²) in [6, 6.07) is 7.63. The number of benzene rings is 1. The van der Waals surface area contributed by atoms with Crippen molar-refractivity contribution in [1.82, 2.24) is 5.48 Å². The maximum absolute atomic E-state index is 5.00. The van der Waals surface area contributed by atoms with Crippen LogP contribution in [0.5, 0.6) is 5.75 Å². The maximum Gasteiger partial charge on any atom is 0.162 e. The Morgan fingerprint density at radius 1 is 1.30 bits per heavy atom. The third-order valence-electron chi connectivity index (χ3n) is 1.30. The second kappa shape index (κ2) is 2.06. The molecular weight excluding hydrogens is 126 g/mol. The lowest BCUT2D eigenvalue weighted by Gasteiger charge is -2.09. The van der Waals surface area contributed by atoms with Crippen molar-refractivity contribution in [1.29, 1.82) is 0 Å². The van der Waals surface area contributed by atoms with Gasteiger partial charge in [0.1, 0.15) is 6.20 Å². The zero-order valence-electron chi connectivity index (χ0n) is 5.22. The average Bonchev–Trinajstić information content (AvgIpc) is 2.05. The Bertz CT molecular complexity index is 268. The van der Waals surface area contributed by atoms with E-state index in [1.54, 1.807) is 0 Å². The lowest BCUT2D eigenvalue weighted by Crippen LogP contribution is -2.15. The summed E-state index contributed by atoms with van der Waals surface area (Å²) in [6.45, 7) is 0. The molecule has 10 heavy (non-hydrogen) atoms. The van der Waals surface area contributed by atoms with E-state index in [0.717, 1.165) is 11.3 Å². The number of rotatable bonds is 0. The third kappa shape index (κ3) is 0.739. The summed E-state index contributed by atoms with van der Waals surface area (Å²) in [6.07, 6.45) is 5.50. The Morgan fingerprint density at radius 2 is 2.20 bits per heavy atom. The standard InChI is InChI=1S/C8H5NO/c1-2-4-8-7(3-1)5-6-9-10-8/h1-4,9H. The van der Waals surface area contributed by atoms with Gasteiger partial charge in [-0.3, -0.25) is 0 Å². The molecule has 0 saturated carbocycles. The van der Waals surface area contributed by atoms with Crippen molar-refractivity contribution in [3.05, 3.63) is 42.1 Å². The fourth-order valence-electron chi connectivity index (χ4n) is 0.832. The van der Waals surface area contributed by atoms with Crippen LogP contribution in [0.25, 0.3) is 0 Å². The van der Waals surface area contributed by atoms with Crippen LogP contribution in [0.1, 0.15) is 5.56 Å². The van der Waals surface area contributed by atoms with Gasteiger partial charge in [-0.2, -0.15) is 0 Å². The molecule has 0 aliphatic carbocycles. The van der Waals surface area contributed by atoms with Crippen LogP contribution in [-0.4, -0.2) is 0 Å². The van der Waals surface area contributed by atoms with Crippen LogP contribution in [0.4, 0.5) is 0 Å². The Balaban J connectivity index is 2.54. The van der Waals surface area contributed by atoms with E-state index < -0.39 is 0 Å². The molecule has 0 atom stereocenters. The normalized spacial score (nSPS) is 13.2. The van der Waals surface area contributed by atoms with Gasteiger partial charge in [0.2, 0.25) is 0 Å². The molecule has 0 saturated heterocycles.